The van der Waals surface area contributed by atoms with Crippen molar-refractivity contribution in [1.29, 1.82) is 0 Å². The van der Waals surface area contributed by atoms with Crippen molar-refractivity contribution in [3.63, 3.8) is 0 Å². The number of piperidine rings is 1. The fraction of sp³-hybridized carbons (Fsp3) is 1.00. The van der Waals surface area contributed by atoms with Gasteiger partial charge in [0.15, 0.2) is 0 Å². The summed E-state index contributed by atoms with van der Waals surface area (Å²) in [6, 6.07) is 0. The summed E-state index contributed by atoms with van der Waals surface area (Å²) in [5.41, 5.74) is 0. The molecule has 0 aromatic rings. The molecule has 0 atom stereocenters. The molecular formula is C11H22ClNO. The quantitative estimate of drug-likeness (QED) is 0.771. The van der Waals surface area contributed by atoms with Crippen LogP contribution in [0.3, 0.4) is 0 Å². The zero-order chi connectivity index (χ0) is 8.93. The summed E-state index contributed by atoms with van der Waals surface area (Å²) >= 11 is 0. The van der Waals surface area contributed by atoms with Crippen molar-refractivity contribution in [1.82, 2.24) is 5.32 Å². The van der Waals surface area contributed by atoms with Gasteiger partial charge >= 0.3 is 0 Å². The van der Waals surface area contributed by atoms with Gasteiger partial charge in [0.1, 0.15) is 0 Å². The lowest BCUT2D eigenvalue weighted by atomic mass is 9.97. The number of hydrogen-bond donors (Lipinski definition) is 1. The molecule has 14 heavy (non-hydrogen) atoms. The van der Waals surface area contributed by atoms with Gasteiger partial charge in [0.2, 0.25) is 0 Å². The Morgan fingerprint density at radius 1 is 0.786 bits per heavy atom. The van der Waals surface area contributed by atoms with E-state index >= 15 is 0 Å². The molecule has 3 heteroatoms. The molecule has 0 amide bonds. The van der Waals surface area contributed by atoms with Gasteiger partial charge in [0, 0.05) is 0 Å². The Bertz CT molecular complexity index is 126. The number of ether oxygens (including phenoxy) is 1. The normalized spacial score (nSPS) is 25.7. The van der Waals surface area contributed by atoms with Crippen molar-refractivity contribution in [3.8, 4) is 0 Å². The van der Waals surface area contributed by atoms with Crippen LogP contribution < -0.4 is 5.32 Å². The molecule has 1 aliphatic heterocycles. The molecule has 2 fully saturated rings. The third-order valence-electron chi connectivity index (χ3n) is 3.22. The molecule has 0 radical (unpaired) electrons. The SMILES string of the molecule is C1CCC(OC2CCNCC2)CC1.Cl. The van der Waals surface area contributed by atoms with Crippen molar-refractivity contribution in [2.24, 2.45) is 0 Å². The molecule has 1 saturated carbocycles. The average molecular weight is 220 g/mol. The van der Waals surface area contributed by atoms with E-state index < -0.39 is 0 Å². The third kappa shape index (κ3) is 3.76. The molecule has 2 rings (SSSR count). The Balaban J connectivity index is 0.000000980. The maximum absolute atomic E-state index is 6.09. The molecule has 1 N–H and O–H groups in total. The van der Waals surface area contributed by atoms with Gasteiger partial charge in [-0.3, -0.25) is 0 Å². The van der Waals surface area contributed by atoms with Crippen LogP contribution in [0.1, 0.15) is 44.9 Å². The first-order chi connectivity index (χ1) is 6.45. The zero-order valence-electron chi connectivity index (χ0n) is 8.84. The van der Waals surface area contributed by atoms with Crippen LogP contribution in [0.4, 0.5) is 0 Å². The monoisotopic (exact) mass is 219 g/mol. The second-order valence-corrected chi connectivity index (χ2v) is 4.35. The lowest BCUT2D eigenvalue weighted by molar-refractivity contribution is -0.0419. The molecule has 2 nitrogen and oxygen atoms in total. The minimum absolute atomic E-state index is 0. The summed E-state index contributed by atoms with van der Waals surface area (Å²) in [6.45, 7) is 2.30. The van der Waals surface area contributed by atoms with E-state index in [9.17, 15) is 0 Å². The predicted octanol–water partition coefficient (Wildman–Crippen LogP) is 2.51. The van der Waals surface area contributed by atoms with Gasteiger partial charge in [0.25, 0.3) is 0 Å². The Kier molecular flexibility index (Phi) is 5.83. The highest BCUT2D eigenvalue weighted by Crippen LogP contribution is 2.23. The van der Waals surface area contributed by atoms with E-state index in [0.29, 0.717) is 12.2 Å². The highest BCUT2D eigenvalue weighted by atomic mass is 35.5. The summed E-state index contributed by atoms with van der Waals surface area (Å²) in [5, 5.41) is 3.37. The van der Waals surface area contributed by atoms with Gasteiger partial charge in [-0.1, -0.05) is 19.3 Å². The van der Waals surface area contributed by atoms with Crippen LogP contribution in [-0.4, -0.2) is 25.3 Å². The number of nitrogens with one attached hydrogen (secondary N) is 1. The van der Waals surface area contributed by atoms with Crippen LogP contribution in [0.5, 0.6) is 0 Å². The summed E-state index contributed by atoms with van der Waals surface area (Å²) in [7, 11) is 0. The number of halogens is 1. The van der Waals surface area contributed by atoms with Crippen LogP contribution >= 0.6 is 12.4 Å². The minimum atomic E-state index is 0. The molecular weight excluding hydrogens is 198 g/mol. The van der Waals surface area contributed by atoms with E-state index in [1.54, 1.807) is 0 Å². The average Bonchev–Trinajstić information content (AvgIpc) is 2.21. The molecule has 1 heterocycles. The molecule has 84 valence electrons. The summed E-state index contributed by atoms with van der Waals surface area (Å²) in [6.07, 6.45) is 10.4. The Morgan fingerprint density at radius 3 is 2.00 bits per heavy atom. The Morgan fingerprint density at radius 2 is 1.36 bits per heavy atom. The largest absolute Gasteiger partial charge is 0.375 e. The molecule has 0 aromatic heterocycles. The van der Waals surface area contributed by atoms with Crippen molar-refractivity contribution in [2.45, 2.75) is 57.2 Å². The minimum Gasteiger partial charge on any atom is -0.375 e. The molecule has 0 bridgehead atoms. The highest BCUT2D eigenvalue weighted by Gasteiger charge is 2.20. The Labute approximate surface area is 93.2 Å². The van der Waals surface area contributed by atoms with Gasteiger partial charge < -0.3 is 10.1 Å². The molecule has 1 aliphatic carbocycles. The molecule has 0 aromatic carbocycles. The van der Waals surface area contributed by atoms with Crippen molar-refractivity contribution in [2.75, 3.05) is 13.1 Å². The second kappa shape index (κ2) is 6.65. The van der Waals surface area contributed by atoms with E-state index in [4.69, 9.17) is 4.74 Å². The fourth-order valence-corrected chi connectivity index (χ4v) is 2.40. The maximum atomic E-state index is 6.09. The second-order valence-electron chi connectivity index (χ2n) is 4.35. The molecule has 1 saturated heterocycles. The van der Waals surface area contributed by atoms with E-state index in [0.717, 1.165) is 13.1 Å². The van der Waals surface area contributed by atoms with E-state index in [1.807, 2.05) is 0 Å². The molecule has 0 spiro atoms. The first-order valence-corrected chi connectivity index (χ1v) is 5.81. The van der Waals surface area contributed by atoms with Gasteiger partial charge in [0.05, 0.1) is 12.2 Å². The van der Waals surface area contributed by atoms with Crippen LogP contribution in [0, 0.1) is 0 Å². The molecule has 2 aliphatic rings. The van der Waals surface area contributed by atoms with E-state index in [2.05, 4.69) is 5.32 Å². The van der Waals surface area contributed by atoms with Crippen LogP contribution in [0.2, 0.25) is 0 Å². The number of hydrogen-bond acceptors (Lipinski definition) is 2. The smallest absolute Gasteiger partial charge is 0.0603 e. The zero-order valence-corrected chi connectivity index (χ0v) is 9.65. The van der Waals surface area contributed by atoms with Gasteiger partial charge in [-0.25, -0.2) is 0 Å². The lowest BCUT2D eigenvalue weighted by Crippen LogP contribution is -2.35. The standard InChI is InChI=1S/C11H21NO.ClH/c1-2-4-10(5-3-1)13-11-6-8-12-9-7-11;/h10-12H,1-9H2;1H. The van der Waals surface area contributed by atoms with E-state index in [-0.39, 0.29) is 12.4 Å². The van der Waals surface area contributed by atoms with Gasteiger partial charge in [-0.2, -0.15) is 0 Å². The Hall–Kier alpha value is 0.210. The first-order valence-electron chi connectivity index (χ1n) is 5.81. The number of rotatable bonds is 2. The van der Waals surface area contributed by atoms with Crippen molar-refractivity contribution in [3.05, 3.63) is 0 Å². The first kappa shape index (κ1) is 12.3. The maximum Gasteiger partial charge on any atom is 0.0603 e. The summed E-state index contributed by atoms with van der Waals surface area (Å²) < 4.78 is 6.09. The lowest BCUT2D eigenvalue weighted by Gasteiger charge is -2.30. The summed E-state index contributed by atoms with van der Waals surface area (Å²) in [4.78, 5) is 0. The van der Waals surface area contributed by atoms with E-state index in [1.165, 1.54) is 44.9 Å². The van der Waals surface area contributed by atoms with Crippen LogP contribution in [0.15, 0.2) is 0 Å². The predicted molar refractivity (Wildman–Crippen MR) is 61.1 cm³/mol. The van der Waals surface area contributed by atoms with Crippen LogP contribution in [0.25, 0.3) is 0 Å². The van der Waals surface area contributed by atoms with Crippen LogP contribution in [-0.2, 0) is 4.74 Å². The highest BCUT2D eigenvalue weighted by molar-refractivity contribution is 5.85. The van der Waals surface area contributed by atoms with Gasteiger partial charge in [-0.15, -0.1) is 12.4 Å². The van der Waals surface area contributed by atoms with Gasteiger partial charge in [-0.05, 0) is 38.8 Å². The van der Waals surface area contributed by atoms with Crippen molar-refractivity contribution < 1.29 is 4.74 Å². The molecule has 0 unspecified atom stereocenters. The fourth-order valence-electron chi connectivity index (χ4n) is 2.40. The summed E-state index contributed by atoms with van der Waals surface area (Å²) in [5.74, 6) is 0. The topological polar surface area (TPSA) is 21.3 Å². The third-order valence-corrected chi connectivity index (χ3v) is 3.22. The van der Waals surface area contributed by atoms with Crippen molar-refractivity contribution >= 4 is 12.4 Å².